The number of Topliss-reactive ketones (excluding diaryl/α,β-unsaturated/α-hetero) is 1. The van der Waals surface area contributed by atoms with Gasteiger partial charge in [-0.05, 0) is 68.5 Å². The van der Waals surface area contributed by atoms with E-state index in [1.54, 1.807) is 6.07 Å². The van der Waals surface area contributed by atoms with Crippen LogP contribution in [0.4, 0.5) is 0 Å². The molecule has 2 heterocycles. The fourth-order valence-electron chi connectivity index (χ4n) is 6.31. The lowest BCUT2D eigenvalue weighted by atomic mass is 9.81. The first-order valence-electron chi connectivity index (χ1n) is 17.7. The van der Waals surface area contributed by atoms with Crippen LogP contribution in [0, 0.1) is 0 Å². The van der Waals surface area contributed by atoms with E-state index in [1.165, 1.54) is 12.1 Å². The van der Waals surface area contributed by atoms with E-state index in [2.05, 4.69) is 10.5 Å². The molecule has 0 aromatic heterocycles. The van der Waals surface area contributed by atoms with Crippen molar-refractivity contribution in [3.63, 3.8) is 0 Å². The smallest absolute Gasteiger partial charge is 0.262 e. The Morgan fingerprint density at radius 2 is 1.42 bits per heavy atom. The third-order valence-electron chi connectivity index (χ3n) is 8.79. The summed E-state index contributed by atoms with van der Waals surface area (Å²) < 4.78 is 28.6. The highest BCUT2D eigenvalue weighted by Crippen LogP contribution is 2.37. The summed E-state index contributed by atoms with van der Waals surface area (Å²) in [6.07, 6.45) is 1.69. The average molecular weight is 720 g/mol. The van der Waals surface area contributed by atoms with Crippen LogP contribution < -0.4 is 14.8 Å². The van der Waals surface area contributed by atoms with Crippen molar-refractivity contribution in [1.29, 1.82) is 0 Å². The molecule has 1 fully saturated rings. The highest BCUT2D eigenvalue weighted by atomic mass is 16.6. The fourth-order valence-corrected chi connectivity index (χ4v) is 6.31. The lowest BCUT2D eigenvalue weighted by Gasteiger charge is -2.27. The quantitative estimate of drug-likeness (QED) is 0.0960. The van der Waals surface area contributed by atoms with Gasteiger partial charge in [0.1, 0.15) is 43.1 Å². The molecule has 0 saturated carbocycles. The van der Waals surface area contributed by atoms with E-state index in [0.29, 0.717) is 87.4 Å². The zero-order valence-corrected chi connectivity index (χ0v) is 29.8. The van der Waals surface area contributed by atoms with E-state index >= 15 is 0 Å². The van der Waals surface area contributed by atoms with Gasteiger partial charge in [-0.3, -0.25) is 34.2 Å². The second-order valence-electron chi connectivity index (χ2n) is 12.2. The van der Waals surface area contributed by atoms with Gasteiger partial charge in [0.15, 0.2) is 5.78 Å². The minimum atomic E-state index is -1.02. The van der Waals surface area contributed by atoms with Crippen molar-refractivity contribution >= 4 is 35.1 Å². The Labute approximate surface area is 302 Å². The first-order chi connectivity index (χ1) is 25.2. The Kier molecular flexibility index (Phi) is 13.5. The molecule has 0 spiro atoms. The molecule has 4 amide bonds. The van der Waals surface area contributed by atoms with Gasteiger partial charge in [0.25, 0.3) is 11.8 Å². The fraction of sp³-hybridized carbons (Fsp3) is 0.474. The maximum Gasteiger partial charge on any atom is 0.262 e. The molecule has 5 rings (SSSR count). The number of hydrogen-bond donors (Lipinski definition) is 1. The normalized spacial score (nSPS) is 19.2. The molecule has 52 heavy (non-hydrogen) atoms. The van der Waals surface area contributed by atoms with E-state index < -0.39 is 29.7 Å². The summed E-state index contributed by atoms with van der Waals surface area (Å²) in [5, 5.41) is 6.35. The molecule has 0 radical (unpaired) electrons. The molecular weight excluding hydrogens is 674 g/mol. The number of piperidine rings is 1. The Morgan fingerprint density at radius 3 is 2.08 bits per heavy atom. The molecule has 2 atom stereocenters. The Balaban J connectivity index is 0.973. The van der Waals surface area contributed by atoms with Crippen LogP contribution in [0.2, 0.25) is 0 Å². The largest absolute Gasteiger partial charge is 0.497 e. The lowest BCUT2D eigenvalue weighted by Crippen LogP contribution is -2.54. The van der Waals surface area contributed by atoms with Crippen molar-refractivity contribution in [2.75, 3.05) is 52.9 Å². The van der Waals surface area contributed by atoms with Crippen LogP contribution in [-0.2, 0) is 33.4 Å². The molecule has 278 valence electrons. The molecule has 0 bridgehead atoms. The minimum Gasteiger partial charge on any atom is -0.497 e. The highest BCUT2D eigenvalue weighted by Gasteiger charge is 2.44. The van der Waals surface area contributed by atoms with E-state index in [9.17, 15) is 24.0 Å². The summed E-state index contributed by atoms with van der Waals surface area (Å²) in [6, 6.07) is 11.3. The summed E-state index contributed by atoms with van der Waals surface area (Å²) in [5.41, 5.74) is 2.54. The molecule has 1 N–H and O–H groups in total. The molecule has 2 aromatic rings. The van der Waals surface area contributed by atoms with Gasteiger partial charge in [-0.15, -0.1) is 0 Å². The molecule has 3 aliphatic rings. The number of rotatable bonds is 19. The number of nitrogens with one attached hydrogen (secondary N) is 1. The number of benzene rings is 2. The first kappa shape index (κ1) is 38.2. The van der Waals surface area contributed by atoms with Gasteiger partial charge in [0.05, 0.1) is 55.4 Å². The predicted octanol–water partition coefficient (Wildman–Crippen LogP) is 4.12. The molecular formula is C38H45N3O11. The maximum atomic E-state index is 13.2. The van der Waals surface area contributed by atoms with Gasteiger partial charge in [-0.1, -0.05) is 24.2 Å². The molecule has 2 unspecified atom stereocenters. The number of allylic oxidation sites excluding steroid dienone is 2. The predicted molar refractivity (Wildman–Crippen MR) is 187 cm³/mol. The number of ketones is 1. The highest BCUT2D eigenvalue weighted by molar-refractivity contribution is 6.24. The standard InChI is InChI=1S/C38H45N3O11/c1-4-30(40-52-6-3)35-32(42)21-25(22-33(35)49-5-2)24-7-9-26(10-8-24)50-19-17-47-15-16-48-18-20-51-27-11-12-28-29(23-27)38(46)41(37(28)45)31-13-14-34(43)39-36(31)44/h7-12,23,25,31H,4-6,13-22H2,1-3H3,(H,39,43,44)/b40-30+. The number of nitrogens with zero attached hydrogens (tertiary/aromatic N) is 2. The van der Waals surface area contributed by atoms with Crippen molar-refractivity contribution in [2.24, 2.45) is 5.16 Å². The third kappa shape index (κ3) is 9.22. The Morgan fingerprint density at radius 1 is 0.769 bits per heavy atom. The van der Waals surface area contributed by atoms with Gasteiger partial charge < -0.3 is 28.5 Å². The number of imide groups is 2. The lowest BCUT2D eigenvalue weighted by molar-refractivity contribution is -0.136. The summed E-state index contributed by atoms with van der Waals surface area (Å²) in [5.74, 6) is -0.498. The van der Waals surface area contributed by atoms with Crippen molar-refractivity contribution in [1.82, 2.24) is 10.2 Å². The molecule has 1 saturated heterocycles. The first-order valence-corrected chi connectivity index (χ1v) is 17.7. The number of amides is 4. The second kappa shape index (κ2) is 18.4. The van der Waals surface area contributed by atoms with Gasteiger partial charge >= 0.3 is 0 Å². The van der Waals surface area contributed by atoms with Crippen molar-refractivity contribution in [3.8, 4) is 11.5 Å². The number of carbonyl (C=O) groups is 5. The molecule has 14 nitrogen and oxygen atoms in total. The summed E-state index contributed by atoms with van der Waals surface area (Å²) in [6.45, 7) is 8.49. The zero-order chi connectivity index (χ0) is 37.0. The van der Waals surface area contributed by atoms with Crippen LogP contribution in [0.5, 0.6) is 11.5 Å². The van der Waals surface area contributed by atoms with Crippen molar-refractivity contribution in [3.05, 3.63) is 70.5 Å². The topological polar surface area (TPSA) is 168 Å². The van der Waals surface area contributed by atoms with Crippen LogP contribution in [0.3, 0.4) is 0 Å². The van der Waals surface area contributed by atoms with Gasteiger partial charge in [-0.2, -0.15) is 0 Å². The van der Waals surface area contributed by atoms with E-state index in [0.717, 1.165) is 10.5 Å². The van der Waals surface area contributed by atoms with Crippen molar-refractivity contribution in [2.45, 2.75) is 64.8 Å². The van der Waals surface area contributed by atoms with Crippen LogP contribution in [-0.4, -0.2) is 98.9 Å². The summed E-state index contributed by atoms with van der Waals surface area (Å²) >= 11 is 0. The van der Waals surface area contributed by atoms with Crippen LogP contribution in [0.25, 0.3) is 0 Å². The molecule has 2 aromatic carbocycles. The number of carbonyl (C=O) groups excluding carboxylic acids is 5. The van der Waals surface area contributed by atoms with Crippen LogP contribution >= 0.6 is 0 Å². The zero-order valence-electron chi connectivity index (χ0n) is 29.8. The number of fused-ring (bicyclic) bond motifs is 1. The molecule has 2 aliphatic heterocycles. The van der Waals surface area contributed by atoms with Gasteiger partial charge in [0.2, 0.25) is 11.8 Å². The SMILES string of the molecule is CCO/N=C(\CC)C1=C(OCC)CC(c2ccc(OCCOCCOCCOc3ccc4c(c3)C(=O)N(C3CCC(=O)NC3=O)C4=O)cc2)CC1=O. The number of oxime groups is 1. The monoisotopic (exact) mass is 719 g/mol. The minimum absolute atomic E-state index is 0.00563. The van der Waals surface area contributed by atoms with Crippen LogP contribution in [0.15, 0.2) is 59.0 Å². The van der Waals surface area contributed by atoms with E-state index in [1.807, 2.05) is 45.0 Å². The maximum absolute atomic E-state index is 13.2. The molecule has 1 aliphatic carbocycles. The van der Waals surface area contributed by atoms with E-state index in [4.69, 9.17) is 28.5 Å². The van der Waals surface area contributed by atoms with Gasteiger partial charge in [-0.25, -0.2) is 0 Å². The van der Waals surface area contributed by atoms with Crippen molar-refractivity contribution < 1.29 is 52.5 Å². The summed E-state index contributed by atoms with van der Waals surface area (Å²) in [4.78, 5) is 68.9. The second-order valence-corrected chi connectivity index (χ2v) is 12.2. The average Bonchev–Trinajstić information content (AvgIpc) is 3.38. The third-order valence-corrected chi connectivity index (χ3v) is 8.79. The number of hydrogen-bond acceptors (Lipinski definition) is 12. The molecule has 14 heteroatoms. The Bertz CT molecular complexity index is 1700. The van der Waals surface area contributed by atoms with E-state index in [-0.39, 0.29) is 48.9 Å². The summed E-state index contributed by atoms with van der Waals surface area (Å²) in [7, 11) is 0. The van der Waals surface area contributed by atoms with Crippen LogP contribution in [0.1, 0.15) is 85.1 Å². The Hall–Kier alpha value is -5.08. The van der Waals surface area contributed by atoms with Gasteiger partial charge in [0, 0.05) is 19.3 Å². The number of ether oxygens (including phenoxy) is 5.